The van der Waals surface area contributed by atoms with Crippen LogP contribution in [0.25, 0.3) is 5.76 Å². The van der Waals surface area contributed by atoms with E-state index in [4.69, 9.17) is 9.47 Å². The van der Waals surface area contributed by atoms with Gasteiger partial charge in [-0.3, -0.25) is 0 Å². The van der Waals surface area contributed by atoms with Gasteiger partial charge in [0.25, 0.3) is 0 Å². The summed E-state index contributed by atoms with van der Waals surface area (Å²) >= 11 is 0. The van der Waals surface area contributed by atoms with Crippen molar-refractivity contribution in [3.05, 3.63) is 47.6 Å². The standard InChI is InChI=1S/C32H50O2/c1-3-4-5-6-11-17-27(2)24-25-32(34-30-21-14-9-10-15-22-30)28-18-16-23-31(26-28)33-29-19-12-7-8-13-20-29/h16,18,23-26,29-30H,3-15,17,19-22H2,1-2H3. The van der Waals surface area contributed by atoms with Crippen LogP contribution in [0.5, 0.6) is 5.75 Å². The molecule has 2 fully saturated rings. The van der Waals surface area contributed by atoms with E-state index in [0.717, 1.165) is 17.1 Å². The summed E-state index contributed by atoms with van der Waals surface area (Å²) in [4.78, 5) is 0. The highest BCUT2D eigenvalue weighted by atomic mass is 16.5. The Balaban J connectivity index is 1.70. The molecular weight excluding hydrogens is 416 g/mol. The lowest BCUT2D eigenvalue weighted by atomic mass is 10.1. The fourth-order valence-electron chi connectivity index (χ4n) is 5.33. The Morgan fingerprint density at radius 2 is 1.44 bits per heavy atom. The van der Waals surface area contributed by atoms with Crippen LogP contribution in [-0.2, 0) is 4.74 Å². The van der Waals surface area contributed by atoms with Gasteiger partial charge in [-0.15, -0.1) is 0 Å². The fourth-order valence-corrected chi connectivity index (χ4v) is 5.33. The number of hydrogen-bond donors (Lipinski definition) is 0. The molecule has 2 aliphatic rings. The maximum atomic E-state index is 6.69. The molecular formula is C32H50O2. The van der Waals surface area contributed by atoms with E-state index >= 15 is 0 Å². The molecule has 34 heavy (non-hydrogen) atoms. The Kier molecular flexibility index (Phi) is 12.7. The molecule has 3 rings (SSSR count). The summed E-state index contributed by atoms with van der Waals surface area (Å²) in [6.07, 6.45) is 28.4. The fraction of sp³-hybridized carbons (Fsp3) is 0.688. The van der Waals surface area contributed by atoms with Gasteiger partial charge in [-0.25, -0.2) is 0 Å². The van der Waals surface area contributed by atoms with Gasteiger partial charge in [0, 0.05) is 5.56 Å². The Morgan fingerprint density at radius 3 is 2.12 bits per heavy atom. The molecule has 0 bridgehead atoms. The van der Waals surface area contributed by atoms with Crippen LogP contribution >= 0.6 is 0 Å². The zero-order chi connectivity index (χ0) is 23.8. The van der Waals surface area contributed by atoms with Gasteiger partial charge in [0.15, 0.2) is 0 Å². The number of unbranched alkanes of at least 4 members (excludes halogenated alkanes) is 4. The third-order valence-electron chi connectivity index (χ3n) is 7.51. The van der Waals surface area contributed by atoms with Crippen molar-refractivity contribution in [1.82, 2.24) is 0 Å². The third-order valence-corrected chi connectivity index (χ3v) is 7.51. The first-order chi connectivity index (χ1) is 16.7. The summed E-state index contributed by atoms with van der Waals surface area (Å²) in [6, 6.07) is 8.66. The summed E-state index contributed by atoms with van der Waals surface area (Å²) < 4.78 is 13.1. The third kappa shape index (κ3) is 10.3. The van der Waals surface area contributed by atoms with Crippen LogP contribution in [0.15, 0.2) is 42.0 Å². The van der Waals surface area contributed by atoms with Gasteiger partial charge in [0.05, 0.1) is 12.2 Å². The summed E-state index contributed by atoms with van der Waals surface area (Å²) in [5, 5.41) is 0. The van der Waals surface area contributed by atoms with E-state index in [2.05, 4.69) is 50.3 Å². The van der Waals surface area contributed by atoms with E-state index in [-0.39, 0.29) is 0 Å². The molecule has 0 radical (unpaired) electrons. The van der Waals surface area contributed by atoms with Crippen molar-refractivity contribution in [3.8, 4) is 5.75 Å². The minimum Gasteiger partial charge on any atom is -0.490 e. The predicted octanol–water partition coefficient (Wildman–Crippen LogP) is 10.2. The molecule has 1 aromatic rings. The maximum Gasteiger partial charge on any atom is 0.127 e. The molecule has 0 unspecified atom stereocenters. The molecule has 2 aliphatic carbocycles. The number of hydrogen-bond acceptors (Lipinski definition) is 2. The highest BCUT2D eigenvalue weighted by Crippen LogP contribution is 2.29. The maximum absolute atomic E-state index is 6.69. The predicted molar refractivity (Wildman–Crippen MR) is 146 cm³/mol. The van der Waals surface area contributed by atoms with Crippen LogP contribution in [0, 0.1) is 0 Å². The lowest BCUT2D eigenvalue weighted by Crippen LogP contribution is -2.15. The van der Waals surface area contributed by atoms with Crippen LogP contribution in [0.3, 0.4) is 0 Å². The molecule has 2 saturated carbocycles. The Labute approximate surface area is 210 Å². The number of benzene rings is 1. The van der Waals surface area contributed by atoms with Crippen LogP contribution in [0.1, 0.15) is 135 Å². The first-order valence-electron chi connectivity index (χ1n) is 14.6. The summed E-state index contributed by atoms with van der Waals surface area (Å²) in [5.41, 5.74) is 2.60. The molecule has 1 aromatic carbocycles. The highest BCUT2D eigenvalue weighted by Gasteiger charge is 2.17. The number of ether oxygens (including phenoxy) is 2. The molecule has 0 spiro atoms. The first kappa shape index (κ1) is 26.9. The zero-order valence-electron chi connectivity index (χ0n) is 22.2. The minimum absolute atomic E-state index is 0.336. The molecule has 190 valence electrons. The summed E-state index contributed by atoms with van der Waals surface area (Å²) in [6.45, 7) is 4.55. The normalized spacial score (nSPS) is 19.5. The van der Waals surface area contributed by atoms with E-state index in [1.165, 1.54) is 121 Å². The van der Waals surface area contributed by atoms with Crippen LogP contribution in [-0.4, -0.2) is 12.2 Å². The van der Waals surface area contributed by atoms with E-state index in [1.807, 2.05) is 0 Å². The zero-order valence-corrected chi connectivity index (χ0v) is 22.2. The molecule has 2 nitrogen and oxygen atoms in total. The molecule has 0 N–H and O–H groups in total. The van der Waals surface area contributed by atoms with Crippen molar-refractivity contribution in [2.75, 3.05) is 0 Å². The topological polar surface area (TPSA) is 18.5 Å². The van der Waals surface area contributed by atoms with E-state index < -0.39 is 0 Å². The van der Waals surface area contributed by atoms with E-state index in [1.54, 1.807) is 0 Å². The molecule has 0 saturated heterocycles. The number of allylic oxidation sites excluding steroid dienone is 3. The first-order valence-corrected chi connectivity index (χ1v) is 14.6. The monoisotopic (exact) mass is 466 g/mol. The quantitative estimate of drug-likeness (QED) is 0.132. The van der Waals surface area contributed by atoms with Crippen molar-refractivity contribution < 1.29 is 9.47 Å². The Morgan fingerprint density at radius 1 is 0.794 bits per heavy atom. The summed E-state index contributed by atoms with van der Waals surface area (Å²) in [7, 11) is 0. The van der Waals surface area contributed by atoms with Crippen molar-refractivity contribution in [3.63, 3.8) is 0 Å². The molecule has 0 heterocycles. The smallest absolute Gasteiger partial charge is 0.127 e. The SMILES string of the molecule is CCCCCCCC(C)=CC=C(OC1CCCCCC1)c1cccc(OC2CCCCCC2)c1. The van der Waals surface area contributed by atoms with Gasteiger partial charge in [-0.2, -0.15) is 0 Å². The molecule has 0 aromatic heterocycles. The van der Waals surface area contributed by atoms with Gasteiger partial charge in [-0.05, 0) is 89.3 Å². The van der Waals surface area contributed by atoms with Gasteiger partial charge in [-0.1, -0.05) is 82.1 Å². The average molecular weight is 467 g/mol. The van der Waals surface area contributed by atoms with Gasteiger partial charge < -0.3 is 9.47 Å². The molecule has 2 heteroatoms. The van der Waals surface area contributed by atoms with Crippen molar-refractivity contribution in [1.29, 1.82) is 0 Å². The molecule has 0 amide bonds. The Bertz CT molecular complexity index is 731. The second-order valence-electron chi connectivity index (χ2n) is 10.7. The van der Waals surface area contributed by atoms with Gasteiger partial charge >= 0.3 is 0 Å². The lowest BCUT2D eigenvalue weighted by molar-refractivity contribution is 0.150. The highest BCUT2D eigenvalue weighted by molar-refractivity contribution is 5.63. The summed E-state index contributed by atoms with van der Waals surface area (Å²) in [5.74, 6) is 2.01. The molecule has 0 atom stereocenters. The van der Waals surface area contributed by atoms with Gasteiger partial charge in [0.2, 0.25) is 0 Å². The van der Waals surface area contributed by atoms with Crippen LogP contribution < -0.4 is 4.74 Å². The second kappa shape index (κ2) is 16.1. The molecule has 0 aliphatic heterocycles. The van der Waals surface area contributed by atoms with Crippen LogP contribution in [0.2, 0.25) is 0 Å². The van der Waals surface area contributed by atoms with E-state index in [0.29, 0.717) is 12.2 Å². The van der Waals surface area contributed by atoms with Crippen molar-refractivity contribution in [2.45, 2.75) is 142 Å². The van der Waals surface area contributed by atoms with E-state index in [9.17, 15) is 0 Å². The largest absolute Gasteiger partial charge is 0.490 e. The minimum atomic E-state index is 0.336. The number of rotatable bonds is 12. The van der Waals surface area contributed by atoms with Crippen LogP contribution in [0.4, 0.5) is 0 Å². The second-order valence-corrected chi connectivity index (χ2v) is 10.7. The van der Waals surface area contributed by atoms with Crippen molar-refractivity contribution >= 4 is 5.76 Å². The Hall–Kier alpha value is -1.70. The average Bonchev–Trinajstić information content (AvgIpc) is 3.27. The van der Waals surface area contributed by atoms with Crippen molar-refractivity contribution in [2.24, 2.45) is 0 Å². The lowest BCUT2D eigenvalue weighted by Gasteiger charge is -2.21. The van der Waals surface area contributed by atoms with Gasteiger partial charge in [0.1, 0.15) is 11.5 Å².